The van der Waals surface area contributed by atoms with Gasteiger partial charge in [-0.3, -0.25) is 14.6 Å². The minimum atomic E-state index is -0.516. The first-order valence-electron chi connectivity index (χ1n) is 10.0. The number of ether oxygens (including phenoxy) is 1. The van der Waals surface area contributed by atoms with Gasteiger partial charge in [0.2, 0.25) is 5.69 Å². The summed E-state index contributed by atoms with van der Waals surface area (Å²) in [6, 6.07) is 20.9. The fourth-order valence-electron chi connectivity index (χ4n) is 3.71. The van der Waals surface area contributed by atoms with Crippen molar-refractivity contribution in [3.63, 3.8) is 0 Å². The van der Waals surface area contributed by atoms with Crippen molar-refractivity contribution >= 4 is 16.7 Å². The molecule has 0 saturated carbocycles. The van der Waals surface area contributed by atoms with E-state index in [-0.39, 0.29) is 12.2 Å². The van der Waals surface area contributed by atoms with Gasteiger partial charge in [0.05, 0.1) is 23.1 Å². The van der Waals surface area contributed by atoms with E-state index in [2.05, 4.69) is 5.27 Å². The van der Waals surface area contributed by atoms with Crippen LogP contribution < -0.4 is 15.0 Å². The maximum Gasteiger partial charge on any atom is 0.432 e. The number of rotatable bonds is 6. The van der Waals surface area contributed by atoms with Crippen LogP contribution in [0.2, 0.25) is 0 Å². The van der Waals surface area contributed by atoms with E-state index in [0.29, 0.717) is 28.5 Å². The highest BCUT2D eigenvalue weighted by Crippen LogP contribution is 2.27. The molecule has 0 aliphatic rings. The van der Waals surface area contributed by atoms with Crippen LogP contribution in [0, 0.1) is 10.1 Å². The van der Waals surface area contributed by atoms with Crippen LogP contribution in [-0.4, -0.2) is 26.9 Å². The molecule has 0 unspecified atom stereocenters. The first kappa shape index (κ1) is 20.2. The Morgan fingerprint density at radius 1 is 1.09 bits per heavy atom. The molecule has 1 N–H and O–H groups in total. The number of nitrogens with one attached hydrogen (secondary N) is 1. The molecule has 2 heterocycles. The Morgan fingerprint density at radius 3 is 2.52 bits per heavy atom. The Labute approximate surface area is 186 Å². The van der Waals surface area contributed by atoms with Crippen molar-refractivity contribution in [1.82, 2.24) is 14.8 Å². The van der Waals surface area contributed by atoms with E-state index in [0.717, 1.165) is 11.0 Å². The van der Waals surface area contributed by atoms with Crippen molar-refractivity contribution in [2.75, 3.05) is 7.11 Å². The molecule has 164 valence electrons. The summed E-state index contributed by atoms with van der Waals surface area (Å²) in [5.74, 6) is 1.26. The number of methoxy groups -OCH3 is 1. The Hall–Kier alpha value is -4.73. The molecule has 0 aliphatic heterocycles. The maximum absolute atomic E-state index is 12.6. The lowest BCUT2D eigenvalue weighted by molar-refractivity contribution is -0.677. The zero-order chi connectivity index (χ0) is 22.9. The average molecular weight is 444 g/mol. The van der Waals surface area contributed by atoms with Gasteiger partial charge in [-0.1, -0.05) is 12.1 Å². The molecule has 10 nitrogen and oxygen atoms in total. The second-order valence-electron chi connectivity index (χ2n) is 7.28. The van der Waals surface area contributed by atoms with Crippen LogP contribution in [0.15, 0.2) is 82.1 Å². The topological polar surface area (TPSA) is 120 Å². The normalized spacial score (nSPS) is 11.1. The number of benzene rings is 3. The standard InChI is InChI=1S/C23H17N5O5/c1-32-18-12-10-16(11-13-18)27-21(23(29)33-25-27)14-26-20-5-3-2-4-19(20)24-22(26)15-6-8-17(9-7-15)28(30)31/h2-13H,14H2,1H3/p+1. The molecular formula is C23H18N5O5+. The first-order valence-corrected chi connectivity index (χ1v) is 10.0. The van der Waals surface area contributed by atoms with Gasteiger partial charge >= 0.3 is 11.3 Å². The number of imidazole rings is 1. The smallest absolute Gasteiger partial charge is 0.432 e. The van der Waals surface area contributed by atoms with Crippen molar-refractivity contribution in [2.24, 2.45) is 0 Å². The van der Waals surface area contributed by atoms with E-state index in [4.69, 9.17) is 14.2 Å². The number of hydrogen-bond donors (Lipinski definition) is 1. The summed E-state index contributed by atoms with van der Waals surface area (Å²) >= 11 is 0. The number of non-ortho nitro benzene ring substituents is 1. The lowest BCUT2D eigenvalue weighted by Gasteiger charge is -2.06. The fraction of sp³-hybridized carbons (Fsp3) is 0.0870. The number of nitro groups is 1. The van der Waals surface area contributed by atoms with Crippen LogP contribution in [-0.2, 0) is 6.54 Å². The number of nitrogens with zero attached hydrogens (tertiary/aromatic N) is 4. The van der Waals surface area contributed by atoms with E-state index in [1.807, 2.05) is 28.8 Å². The molecule has 3 aromatic carbocycles. The molecule has 0 amide bonds. The van der Waals surface area contributed by atoms with Gasteiger partial charge in [-0.2, -0.15) is 0 Å². The third-order valence-electron chi connectivity index (χ3n) is 5.36. The summed E-state index contributed by atoms with van der Waals surface area (Å²) in [5.41, 5.74) is 2.76. The van der Waals surface area contributed by atoms with Gasteiger partial charge < -0.3 is 9.30 Å². The van der Waals surface area contributed by atoms with E-state index in [9.17, 15) is 14.9 Å². The van der Waals surface area contributed by atoms with E-state index in [1.165, 1.54) is 12.1 Å². The third kappa shape index (κ3) is 3.63. The van der Waals surface area contributed by atoms with Crippen LogP contribution in [0.3, 0.4) is 0 Å². The Bertz CT molecular complexity index is 1510. The minimum absolute atomic E-state index is 0.00922. The number of fused-ring (bicyclic) bond motifs is 1. The SMILES string of the molecule is COc1ccc(-[n+]2[nH]oc(=O)c2Cn2c(-c3ccc([N+](=O)[O-])cc3)nc3ccccc32)cc1. The second-order valence-corrected chi connectivity index (χ2v) is 7.28. The monoisotopic (exact) mass is 444 g/mol. The fourth-order valence-corrected chi connectivity index (χ4v) is 3.71. The first-order chi connectivity index (χ1) is 16.0. The van der Waals surface area contributed by atoms with E-state index in [1.54, 1.807) is 48.2 Å². The number of nitro benzene ring substituents is 1. The molecule has 5 rings (SSSR count). The zero-order valence-electron chi connectivity index (χ0n) is 17.5. The van der Waals surface area contributed by atoms with Gasteiger partial charge in [0.25, 0.3) is 5.69 Å². The molecule has 0 bridgehead atoms. The summed E-state index contributed by atoms with van der Waals surface area (Å²) in [6.07, 6.45) is 0. The molecule has 33 heavy (non-hydrogen) atoms. The van der Waals surface area contributed by atoms with Gasteiger partial charge in [-0.25, -0.2) is 9.78 Å². The lowest BCUT2D eigenvalue weighted by Crippen LogP contribution is -2.39. The average Bonchev–Trinajstić information content (AvgIpc) is 3.40. The van der Waals surface area contributed by atoms with Crippen molar-refractivity contribution < 1.29 is 18.9 Å². The predicted molar refractivity (Wildman–Crippen MR) is 118 cm³/mol. The van der Waals surface area contributed by atoms with Crippen molar-refractivity contribution in [2.45, 2.75) is 6.54 Å². The molecule has 2 aromatic heterocycles. The van der Waals surface area contributed by atoms with Crippen LogP contribution in [0.5, 0.6) is 5.75 Å². The quantitative estimate of drug-likeness (QED) is 0.244. The highest BCUT2D eigenvalue weighted by atomic mass is 16.6. The predicted octanol–water partition coefficient (Wildman–Crippen LogP) is 3.23. The van der Waals surface area contributed by atoms with Crippen LogP contribution in [0.4, 0.5) is 5.69 Å². The van der Waals surface area contributed by atoms with Gasteiger partial charge in [0.15, 0.2) is 0 Å². The molecular weight excluding hydrogens is 426 g/mol. The lowest BCUT2D eigenvalue weighted by atomic mass is 10.2. The molecule has 0 fully saturated rings. The Kier molecular flexibility index (Phi) is 4.94. The number of aromatic amines is 1. The van der Waals surface area contributed by atoms with Crippen LogP contribution in [0.1, 0.15) is 5.69 Å². The number of H-pyrrole nitrogens is 1. The van der Waals surface area contributed by atoms with Gasteiger partial charge in [0, 0.05) is 29.8 Å². The summed E-state index contributed by atoms with van der Waals surface area (Å²) in [7, 11) is 1.58. The summed E-state index contributed by atoms with van der Waals surface area (Å²) in [5, 5.41) is 13.7. The van der Waals surface area contributed by atoms with E-state index < -0.39 is 10.5 Å². The molecule has 0 spiro atoms. The molecule has 0 aliphatic carbocycles. The largest absolute Gasteiger partial charge is 0.497 e. The molecule has 5 aromatic rings. The molecule has 0 saturated heterocycles. The number of aromatic nitrogens is 4. The zero-order valence-corrected chi connectivity index (χ0v) is 17.5. The van der Waals surface area contributed by atoms with Crippen LogP contribution >= 0.6 is 0 Å². The Balaban J connectivity index is 1.63. The molecule has 0 atom stereocenters. The van der Waals surface area contributed by atoms with Gasteiger partial charge in [-0.15, -0.1) is 0 Å². The van der Waals surface area contributed by atoms with Crippen molar-refractivity contribution in [3.05, 3.63) is 99.0 Å². The number of para-hydroxylation sites is 2. The van der Waals surface area contributed by atoms with Crippen LogP contribution in [0.25, 0.3) is 28.1 Å². The van der Waals surface area contributed by atoms with E-state index >= 15 is 0 Å². The van der Waals surface area contributed by atoms with Crippen molar-refractivity contribution in [1.29, 1.82) is 0 Å². The maximum atomic E-state index is 12.6. The highest BCUT2D eigenvalue weighted by Gasteiger charge is 2.26. The third-order valence-corrected chi connectivity index (χ3v) is 5.36. The summed E-state index contributed by atoms with van der Waals surface area (Å²) in [4.78, 5) is 27.9. The highest BCUT2D eigenvalue weighted by molar-refractivity contribution is 5.80. The number of hydrogen-bond acceptors (Lipinski definition) is 6. The summed E-state index contributed by atoms with van der Waals surface area (Å²) < 4.78 is 13.8. The minimum Gasteiger partial charge on any atom is -0.497 e. The summed E-state index contributed by atoms with van der Waals surface area (Å²) in [6.45, 7) is 0.157. The Morgan fingerprint density at radius 2 is 1.82 bits per heavy atom. The van der Waals surface area contributed by atoms with Gasteiger partial charge in [0.1, 0.15) is 18.1 Å². The van der Waals surface area contributed by atoms with Gasteiger partial charge in [-0.05, 0) is 46.4 Å². The van der Waals surface area contributed by atoms with Crippen molar-refractivity contribution in [3.8, 4) is 22.8 Å². The molecule has 0 radical (unpaired) electrons. The molecule has 10 heteroatoms. The second kappa shape index (κ2) is 8.08.